The van der Waals surface area contributed by atoms with Crippen molar-refractivity contribution in [3.63, 3.8) is 0 Å². The third-order valence-corrected chi connectivity index (χ3v) is 4.71. The van der Waals surface area contributed by atoms with Crippen molar-refractivity contribution in [1.29, 1.82) is 0 Å². The highest BCUT2D eigenvalue weighted by atomic mass is 16.3. The molecule has 1 aliphatic heterocycles. The molecule has 0 spiro atoms. The minimum Gasteiger partial charge on any atom is -0.395 e. The van der Waals surface area contributed by atoms with Crippen LogP contribution in [0, 0.1) is 0 Å². The van der Waals surface area contributed by atoms with E-state index < -0.39 is 0 Å². The van der Waals surface area contributed by atoms with Gasteiger partial charge in [-0.3, -0.25) is 4.79 Å². The summed E-state index contributed by atoms with van der Waals surface area (Å²) in [5, 5.41) is 9.39. The van der Waals surface area contributed by atoms with Crippen molar-refractivity contribution in [1.82, 2.24) is 4.90 Å². The zero-order chi connectivity index (χ0) is 16.0. The molecule has 1 aromatic rings. The van der Waals surface area contributed by atoms with Crippen molar-refractivity contribution in [3.8, 4) is 0 Å². The zero-order valence-corrected chi connectivity index (χ0v) is 14.0. The normalized spacial score (nSPS) is 16.7. The predicted molar refractivity (Wildman–Crippen MR) is 90.4 cm³/mol. The molecule has 122 valence electrons. The third kappa shape index (κ3) is 4.65. The standard InChI is InChI=1S/C19H29NO2/c1-19(2,15-21)17-10-8-16(9-11-17)18(22)7-6-14-20-12-4-3-5-13-20/h8-11,21H,3-7,12-15H2,1-2H3. The molecule has 0 aliphatic carbocycles. The average Bonchev–Trinajstić information content (AvgIpc) is 2.56. The molecule has 0 radical (unpaired) electrons. The van der Waals surface area contributed by atoms with Crippen LogP contribution in [-0.4, -0.2) is 42.0 Å². The van der Waals surface area contributed by atoms with Crippen molar-refractivity contribution in [3.05, 3.63) is 35.4 Å². The van der Waals surface area contributed by atoms with E-state index in [-0.39, 0.29) is 17.8 Å². The molecule has 0 unspecified atom stereocenters. The highest BCUT2D eigenvalue weighted by Gasteiger charge is 2.19. The Morgan fingerprint density at radius 2 is 1.77 bits per heavy atom. The second kappa shape index (κ2) is 7.89. The molecule has 0 amide bonds. The molecule has 1 N–H and O–H groups in total. The molecule has 0 aromatic heterocycles. The first-order chi connectivity index (χ1) is 10.5. The molecule has 0 bridgehead atoms. The van der Waals surface area contributed by atoms with Gasteiger partial charge in [0.05, 0.1) is 6.61 Å². The van der Waals surface area contributed by atoms with E-state index in [2.05, 4.69) is 4.90 Å². The van der Waals surface area contributed by atoms with Crippen LogP contribution in [0.2, 0.25) is 0 Å². The van der Waals surface area contributed by atoms with Gasteiger partial charge in [-0.15, -0.1) is 0 Å². The Labute approximate surface area is 134 Å². The minimum atomic E-state index is -0.254. The van der Waals surface area contributed by atoms with Gasteiger partial charge in [0.25, 0.3) is 0 Å². The van der Waals surface area contributed by atoms with Crippen LogP contribution in [0.25, 0.3) is 0 Å². The lowest BCUT2D eigenvalue weighted by Gasteiger charge is -2.26. The van der Waals surface area contributed by atoms with Gasteiger partial charge < -0.3 is 10.0 Å². The van der Waals surface area contributed by atoms with Crippen LogP contribution in [0.3, 0.4) is 0 Å². The van der Waals surface area contributed by atoms with E-state index in [0.29, 0.717) is 6.42 Å². The number of hydrogen-bond donors (Lipinski definition) is 1. The second-order valence-corrected chi connectivity index (χ2v) is 7.05. The molecule has 3 nitrogen and oxygen atoms in total. The van der Waals surface area contributed by atoms with Crippen molar-refractivity contribution < 1.29 is 9.90 Å². The Morgan fingerprint density at radius 1 is 1.14 bits per heavy atom. The van der Waals surface area contributed by atoms with Crippen molar-refractivity contribution in [2.24, 2.45) is 0 Å². The van der Waals surface area contributed by atoms with Crippen LogP contribution < -0.4 is 0 Å². The molecule has 1 aromatic carbocycles. The van der Waals surface area contributed by atoms with Gasteiger partial charge in [0, 0.05) is 17.4 Å². The summed E-state index contributed by atoms with van der Waals surface area (Å²) < 4.78 is 0. The first-order valence-electron chi connectivity index (χ1n) is 8.50. The van der Waals surface area contributed by atoms with Crippen LogP contribution in [0.15, 0.2) is 24.3 Å². The van der Waals surface area contributed by atoms with Gasteiger partial charge in [-0.25, -0.2) is 0 Å². The van der Waals surface area contributed by atoms with Gasteiger partial charge in [0.15, 0.2) is 5.78 Å². The molecule has 0 atom stereocenters. The molecule has 2 rings (SSSR count). The van der Waals surface area contributed by atoms with E-state index in [1.54, 1.807) is 0 Å². The first kappa shape index (κ1) is 17.2. The van der Waals surface area contributed by atoms with Crippen molar-refractivity contribution in [2.45, 2.75) is 51.4 Å². The number of Topliss-reactive ketones (excluding diaryl/α,β-unsaturated/α-hetero) is 1. The lowest BCUT2D eigenvalue weighted by atomic mass is 9.85. The number of benzene rings is 1. The smallest absolute Gasteiger partial charge is 0.162 e. The van der Waals surface area contributed by atoms with E-state index in [9.17, 15) is 9.90 Å². The Morgan fingerprint density at radius 3 is 2.36 bits per heavy atom. The van der Waals surface area contributed by atoms with Crippen LogP contribution >= 0.6 is 0 Å². The van der Waals surface area contributed by atoms with Crippen LogP contribution in [0.4, 0.5) is 0 Å². The summed E-state index contributed by atoms with van der Waals surface area (Å²) in [6.07, 6.45) is 5.53. The summed E-state index contributed by atoms with van der Waals surface area (Å²) in [6, 6.07) is 7.73. The fourth-order valence-electron chi connectivity index (χ4n) is 2.99. The Hall–Kier alpha value is -1.19. The molecule has 1 aliphatic rings. The van der Waals surface area contributed by atoms with Gasteiger partial charge in [0.2, 0.25) is 0 Å². The molecule has 3 heteroatoms. The van der Waals surface area contributed by atoms with Gasteiger partial charge in [-0.05, 0) is 44.5 Å². The Balaban J connectivity index is 1.82. The maximum absolute atomic E-state index is 12.2. The lowest BCUT2D eigenvalue weighted by Crippen LogP contribution is -2.30. The predicted octanol–water partition coefficient (Wildman–Crippen LogP) is 3.41. The van der Waals surface area contributed by atoms with Gasteiger partial charge in [0.1, 0.15) is 0 Å². The largest absolute Gasteiger partial charge is 0.395 e. The molecule has 0 saturated carbocycles. The Bertz CT molecular complexity index is 473. The van der Waals surface area contributed by atoms with E-state index in [1.807, 2.05) is 38.1 Å². The number of carbonyl (C=O) groups is 1. The molecule has 1 saturated heterocycles. The summed E-state index contributed by atoms with van der Waals surface area (Å²) in [4.78, 5) is 14.7. The number of aliphatic hydroxyl groups is 1. The number of hydrogen-bond acceptors (Lipinski definition) is 3. The van der Waals surface area contributed by atoms with Gasteiger partial charge in [-0.1, -0.05) is 44.5 Å². The topological polar surface area (TPSA) is 40.5 Å². The van der Waals surface area contributed by atoms with Gasteiger partial charge in [-0.2, -0.15) is 0 Å². The zero-order valence-electron chi connectivity index (χ0n) is 14.0. The summed E-state index contributed by atoms with van der Waals surface area (Å²) in [6.45, 7) is 7.54. The number of piperidine rings is 1. The number of aliphatic hydroxyl groups excluding tert-OH is 1. The SMILES string of the molecule is CC(C)(CO)c1ccc(C(=O)CCCN2CCCCC2)cc1. The summed E-state index contributed by atoms with van der Waals surface area (Å²) in [5.41, 5.74) is 1.60. The third-order valence-electron chi connectivity index (χ3n) is 4.71. The number of likely N-dealkylation sites (tertiary alicyclic amines) is 1. The highest BCUT2D eigenvalue weighted by Crippen LogP contribution is 2.23. The average molecular weight is 303 g/mol. The summed E-state index contributed by atoms with van der Waals surface area (Å²) in [7, 11) is 0. The molecule has 1 heterocycles. The maximum atomic E-state index is 12.2. The van der Waals surface area contributed by atoms with Crippen LogP contribution in [0.5, 0.6) is 0 Å². The van der Waals surface area contributed by atoms with E-state index in [0.717, 1.165) is 24.1 Å². The monoisotopic (exact) mass is 303 g/mol. The van der Waals surface area contributed by atoms with E-state index in [4.69, 9.17) is 0 Å². The minimum absolute atomic E-state index is 0.107. The number of nitrogens with zero attached hydrogens (tertiary/aromatic N) is 1. The molecular formula is C19H29NO2. The quantitative estimate of drug-likeness (QED) is 0.785. The first-order valence-corrected chi connectivity index (χ1v) is 8.50. The number of carbonyl (C=O) groups excluding carboxylic acids is 1. The molecular weight excluding hydrogens is 274 g/mol. The number of ketones is 1. The van der Waals surface area contributed by atoms with Crippen molar-refractivity contribution in [2.75, 3.05) is 26.2 Å². The second-order valence-electron chi connectivity index (χ2n) is 7.05. The van der Waals surface area contributed by atoms with E-state index >= 15 is 0 Å². The maximum Gasteiger partial charge on any atom is 0.162 e. The van der Waals surface area contributed by atoms with Crippen LogP contribution in [-0.2, 0) is 5.41 Å². The number of rotatable bonds is 7. The Kier molecular flexibility index (Phi) is 6.16. The lowest BCUT2D eigenvalue weighted by molar-refractivity contribution is 0.0973. The molecule has 1 fully saturated rings. The van der Waals surface area contributed by atoms with Crippen molar-refractivity contribution >= 4 is 5.78 Å². The summed E-state index contributed by atoms with van der Waals surface area (Å²) >= 11 is 0. The fourth-order valence-corrected chi connectivity index (χ4v) is 2.99. The van der Waals surface area contributed by atoms with Gasteiger partial charge >= 0.3 is 0 Å². The van der Waals surface area contributed by atoms with Crippen LogP contribution in [0.1, 0.15) is 61.9 Å². The fraction of sp³-hybridized carbons (Fsp3) is 0.632. The summed E-state index contributed by atoms with van der Waals surface area (Å²) in [5.74, 6) is 0.227. The molecule has 22 heavy (non-hydrogen) atoms. The van der Waals surface area contributed by atoms with E-state index in [1.165, 1.54) is 32.4 Å². The highest BCUT2D eigenvalue weighted by molar-refractivity contribution is 5.96.